The standard InChI is InChI=1S/C12H17NO3S2/c1-7-10(11(15)16)18-12(13-7)17-9-6-4-2-3-5-8(9)14/h8-9,14H,2-6H2,1H3,(H,15,16). The lowest BCUT2D eigenvalue weighted by Crippen LogP contribution is -2.21. The predicted molar refractivity (Wildman–Crippen MR) is 72.5 cm³/mol. The first-order valence-electron chi connectivity index (χ1n) is 6.13. The lowest BCUT2D eigenvalue weighted by atomic mass is 10.1. The summed E-state index contributed by atoms with van der Waals surface area (Å²) in [5.41, 5.74) is 0.568. The molecule has 2 unspecified atom stereocenters. The molecule has 2 rings (SSSR count). The minimum Gasteiger partial charge on any atom is -0.477 e. The summed E-state index contributed by atoms with van der Waals surface area (Å²) in [6, 6.07) is 0. The number of aliphatic hydroxyl groups excluding tert-OH is 1. The number of aromatic carboxylic acids is 1. The van der Waals surface area contributed by atoms with Crippen LogP contribution in [0.3, 0.4) is 0 Å². The van der Waals surface area contributed by atoms with E-state index in [1.165, 1.54) is 29.5 Å². The van der Waals surface area contributed by atoms with Crippen molar-refractivity contribution in [1.82, 2.24) is 4.98 Å². The van der Waals surface area contributed by atoms with Crippen LogP contribution in [0.15, 0.2) is 4.34 Å². The monoisotopic (exact) mass is 287 g/mol. The number of rotatable bonds is 3. The minimum atomic E-state index is -0.918. The number of thioether (sulfide) groups is 1. The number of thiazole rings is 1. The Morgan fingerprint density at radius 2 is 2.11 bits per heavy atom. The van der Waals surface area contributed by atoms with Crippen molar-refractivity contribution in [3.8, 4) is 0 Å². The number of carboxylic acids is 1. The summed E-state index contributed by atoms with van der Waals surface area (Å²) in [7, 11) is 0. The molecule has 1 saturated carbocycles. The zero-order valence-electron chi connectivity index (χ0n) is 10.3. The normalized spacial score (nSPS) is 24.8. The smallest absolute Gasteiger partial charge is 0.347 e. The van der Waals surface area contributed by atoms with Gasteiger partial charge in [-0.1, -0.05) is 31.0 Å². The molecule has 6 heteroatoms. The summed E-state index contributed by atoms with van der Waals surface area (Å²) >= 11 is 2.74. The Morgan fingerprint density at radius 1 is 1.39 bits per heavy atom. The second kappa shape index (κ2) is 6.04. The van der Waals surface area contributed by atoms with E-state index < -0.39 is 5.97 Å². The molecular formula is C12H17NO3S2. The number of aryl methyl sites for hydroxylation is 1. The van der Waals surface area contributed by atoms with E-state index in [1.54, 1.807) is 6.92 Å². The fourth-order valence-corrected chi connectivity index (χ4v) is 4.62. The van der Waals surface area contributed by atoms with Crippen LogP contribution in [0.5, 0.6) is 0 Å². The highest BCUT2D eigenvalue weighted by Crippen LogP contribution is 2.36. The van der Waals surface area contributed by atoms with Gasteiger partial charge in [-0.25, -0.2) is 9.78 Å². The second-order valence-electron chi connectivity index (χ2n) is 4.56. The van der Waals surface area contributed by atoms with Crippen LogP contribution in [0, 0.1) is 6.92 Å². The van der Waals surface area contributed by atoms with E-state index in [4.69, 9.17) is 5.11 Å². The van der Waals surface area contributed by atoms with E-state index in [1.807, 2.05) is 0 Å². The summed E-state index contributed by atoms with van der Waals surface area (Å²) in [5.74, 6) is -0.918. The van der Waals surface area contributed by atoms with Gasteiger partial charge in [0.25, 0.3) is 0 Å². The summed E-state index contributed by atoms with van der Waals surface area (Å²) in [5, 5.41) is 19.2. The quantitative estimate of drug-likeness (QED) is 0.836. The number of hydrogen-bond acceptors (Lipinski definition) is 5. The molecule has 100 valence electrons. The maximum atomic E-state index is 11.0. The van der Waals surface area contributed by atoms with E-state index in [0.29, 0.717) is 10.6 Å². The molecule has 1 aromatic heterocycles. The number of carbonyl (C=O) groups is 1. The molecule has 0 amide bonds. The van der Waals surface area contributed by atoms with Crippen LogP contribution in [-0.2, 0) is 0 Å². The molecular weight excluding hydrogens is 270 g/mol. The average Bonchev–Trinajstić information content (AvgIpc) is 2.56. The van der Waals surface area contributed by atoms with Crippen molar-refractivity contribution >= 4 is 29.1 Å². The van der Waals surface area contributed by atoms with Gasteiger partial charge >= 0.3 is 5.97 Å². The summed E-state index contributed by atoms with van der Waals surface area (Å²) < 4.78 is 0.760. The molecule has 2 N–H and O–H groups in total. The van der Waals surface area contributed by atoms with Gasteiger partial charge in [0, 0.05) is 5.25 Å². The Hall–Kier alpha value is -0.590. The third-order valence-electron chi connectivity index (χ3n) is 3.14. The Bertz CT molecular complexity index is 433. The number of hydrogen-bond donors (Lipinski definition) is 2. The molecule has 18 heavy (non-hydrogen) atoms. The number of aliphatic hydroxyl groups is 1. The summed E-state index contributed by atoms with van der Waals surface area (Å²) in [6.45, 7) is 1.72. The van der Waals surface area contributed by atoms with Crippen LogP contribution in [-0.4, -0.2) is 32.5 Å². The molecule has 1 aliphatic carbocycles. The van der Waals surface area contributed by atoms with Crippen molar-refractivity contribution in [2.24, 2.45) is 0 Å². The number of aromatic nitrogens is 1. The van der Waals surface area contributed by atoms with Crippen molar-refractivity contribution in [3.63, 3.8) is 0 Å². The van der Waals surface area contributed by atoms with Crippen molar-refractivity contribution in [2.45, 2.75) is 54.7 Å². The molecule has 4 nitrogen and oxygen atoms in total. The number of nitrogens with zero attached hydrogens (tertiary/aromatic N) is 1. The topological polar surface area (TPSA) is 70.4 Å². The van der Waals surface area contributed by atoms with Crippen LogP contribution < -0.4 is 0 Å². The highest BCUT2D eigenvalue weighted by molar-refractivity contribution is 8.01. The van der Waals surface area contributed by atoms with Crippen LogP contribution in [0.2, 0.25) is 0 Å². The van der Waals surface area contributed by atoms with Crippen molar-refractivity contribution in [2.75, 3.05) is 0 Å². The van der Waals surface area contributed by atoms with E-state index in [-0.39, 0.29) is 11.4 Å². The highest BCUT2D eigenvalue weighted by atomic mass is 32.2. The highest BCUT2D eigenvalue weighted by Gasteiger charge is 2.25. The fraction of sp³-hybridized carbons (Fsp3) is 0.667. The zero-order chi connectivity index (χ0) is 13.1. The van der Waals surface area contributed by atoms with E-state index in [9.17, 15) is 9.90 Å². The largest absolute Gasteiger partial charge is 0.477 e. The SMILES string of the molecule is Cc1nc(SC2CCCCCC2O)sc1C(=O)O. The first-order valence-corrected chi connectivity index (χ1v) is 7.83. The molecule has 0 aliphatic heterocycles. The Kier molecular flexibility index (Phi) is 4.64. The fourth-order valence-electron chi connectivity index (χ4n) is 2.14. The molecule has 2 atom stereocenters. The summed E-state index contributed by atoms with van der Waals surface area (Å²) in [4.78, 5) is 15.5. The van der Waals surface area contributed by atoms with E-state index in [2.05, 4.69) is 4.98 Å². The van der Waals surface area contributed by atoms with Gasteiger partial charge in [-0.15, -0.1) is 11.3 Å². The van der Waals surface area contributed by atoms with Crippen LogP contribution in [0.25, 0.3) is 0 Å². The van der Waals surface area contributed by atoms with Gasteiger partial charge in [0.2, 0.25) is 0 Å². The van der Waals surface area contributed by atoms with Crippen LogP contribution in [0.1, 0.15) is 47.5 Å². The molecule has 1 aromatic rings. The van der Waals surface area contributed by atoms with E-state index >= 15 is 0 Å². The molecule has 0 spiro atoms. The summed E-state index contributed by atoms with van der Waals surface area (Å²) in [6.07, 6.45) is 4.90. The first-order chi connectivity index (χ1) is 8.58. The maximum absolute atomic E-state index is 11.0. The molecule has 0 aromatic carbocycles. The predicted octanol–water partition coefficient (Wildman–Crippen LogP) is 2.94. The Labute approximate surface area is 114 Å². The average molecular weight is 287 g/mol. The molecule has 0 radical (unpaired) electrons. The second-order valence-corrected chi connectivity index (χ2v) is 7.05. The lowest BCUT2D eigenvalue weighted by Gasteiger charge is -2.17. The molecule has 1 aliphatic rings. The maximum Gasteiger partial charge on any atom is 0.347 e. The van der Waals surface area contributed by atoms with Crippen molar-refractivity contribution in [3.05, 3.63) is 10.6 Å². The van der Waals surface area contributed by atoms with Crippen LogP contribution >= 0.6 is 23.1 Å². The van der Waals surface area contributed by atoms with Gasteiger partial charge in [-0.3, -0.25) is 0 Å². The van der Waals surface area contributed by atoms with E-state index in [0.717, 1.165) is 30.0 Å². The van der Waals surface area contributed by atoms with Gasteiger partial charge in [-0.05, 0) is 19.8 Å². The third-order valence-corrected chi connectivity index (χ3v) is 5.77. The number of carboxylic acid groups (broad SMARTS) is 1. The van der Waals surface area contributed by atoms with Gasteiger partial charge < -0.3 is 10.2 Å². The van der Waals surface area contributed by atoms with Gasteiger partial charge in [0.1, 0.15) is 4.88 Å². The lowest BCUT2D eigenvalue weighted by molar-refractivity contribution is 0.0701. The third kappa shape index (κ3) is 3.24. The first kappa shape index (κ1) is 13.8. The van der Waals surface area contributed by atoms with Gasteiger partial charge in [0.05, 0.1) is 11.8 Å². The van der Waals surface area contributed by atoms with Crippen molar-refractivity contribution < 1.29 is 15.0 Å². The van der Waals surface area contributed by atoms with Crippen LogP contribution in [0.4, 0.5) is 0 Å². The van der Waals surface area contributed by atoms with Gasteiger partial charge in [-0.2, -0.15) is 0 Å². The molecule has 1 heterocycles. The molecule has 1 fully saturated rings. The molecule has 0 saturated heterocycles. The Morgan fingerprint density at radius 3 is 2.78 bits per heavy atom. The molecule has 0 bridgehead atoms. The minimum absolute atomic E-state index is 0.152. The van der Waals surface area contributed by atoms with Crippen molar-refractivity contribution in [1.29, 1.82) is 0 Å². The van der Waals surface area contributed by atoms with Gasteiger partial charge in [0.15, 0.2) is 4.34 Å². The Balaban J connectivity index is 2.08. The zero-order valence-corrected chi connectivity index (χ0v) is 11.9.